The third-order valence-electron chi connectivity index (χ3n) is 5.60. The lowest BCUT2D eigenvalue weighted by Gasteiger charge is -2.34. The number of imide groups is 1. The van der Waals surface area contributed by atoms with Crippen LogP contribution in [0.5, 0.6) is 0 Å². The number of hydrogen-bond acceptors (Lipinski definition) is 6. The molecule has 2 heterocycles. The lowest BCUT2D eigenvalue weighted by atomic mass is 9.95. The largest absolute Gasteiger partial charge is 0.369 e. The van der Waals surface area contributed by atoms with E-state index >= 15 is 0 Å². The zero-order chi connectivity index (χ0) is 22.7. The van der Waals surface area contributed by atoms with E-state index in [4.69, 9.17) is 0 Å². The summed E-state index contributed by atoms with van der Waals surface area (Å²) in [5.74, 6) is -1.35. The highest BCUT2D eigenvalue weighted by atomic mass is 16.2. The van der Waals surface area contributed by atoms with Crippen molar-refractivity contribution in [3.8, 4) is 0 Å². The summed E-state index contributed by atoms with van der Waals surface area (Å²) in [6.07, 6.45) is 2.73. The molecule has 3 amide bonds. The van der Waals surface area contributed by atoms with Crippen molar-refractivity contribution in [2.45, 2.75) is 0 Å². The molecule has 1 fully saturated rings. The van der Waals surface area contributed by atoms with Gasteiger partial charge in [0.25, 0.3) is 11.8 Å². The van der Waals surface area contributed by atoms with Crippen LogP contribution in [-0.2, 0) is 9.59 Å². The minimum atomic E-state index is -0.503. The van der Waals surface area contributed by atoms with Crippen molar-refractivity contribution in [2.24, 2.45) is 0 Å². The lowest BCUT2D eigenvalue weighted by molar-refractivity contribution is -0.115. The molecule has 8 nitrogen and oxygen atoms in total. The topological polar surface area (TPSA) is 93.8 Å². The molecule has 4 rings (SSSR count). The van der Waals surface area contributed by atoms with E-state index in [0.29, 0.717) is 22.4 Å². The van der Waals surface area contributed by atoms with Gasteiger partial charge in [0.15, 0.2) is 0 Å². The van der Waals surface area contributed by atoms with Crippen molar-refractivity contribution < 1.29 is 14.4 Å². The van der Waals surface area contributed by atoms with E-state index in [2.05, 4.69) is 39.4 Å². The number of nitrogens with one attached hydrogen (secondary N) is 3. The number of rotatable bonds is 5. The Balaban J connectivity index is 1.54. The van der Waals surface area contributed by atoms with Gasteiger partial charge < -0.3 is 20.4 Å². The fraction of sp³-hybridized carbons (Fsp3) is 0.208. The average Bonchev–Trinajstić information content (AvgIpc) is 2.79. The molecule has 8 heteroatoms. The lowest BCUT2D eigenvalue weighted by Crippen LogP contribution is -2.44. The molecule has 0 bridgehead atoms. The number of benzene rings is 2. The number of carbonyl (C=O) groups excluding carboxylic acids is 3. The van der Waals surface area contributed by atoms with Crippen molar-refractivity contribution in [3.05, 3.63) is 72.4 Å². The van der Waals surface area contributed by atoms with Crippen molar-refractivity contribution in [2.75, 3.05) is 48.8 Å². The highest BCUT2D eigenvalue weighted by Crippen LogP contribution is 2.28. The van der Waals surface area contributed by atoms with Crippen LogP contribution in [0.4, 0.5) is 17.1 Å². The van der Waals surface area contributed by atoms with Crippen molar-refractivity contribution in [3.63, 3.8) is 0 Å². The van der Waals surface area contributed by atoms with Crippen molar-refractivity contribution >= 4 is 40.4 Å². The Morgan fingerprint density at radius 2 is 1.66 bits per heavy atom. The normalized spacial score (nSPS) is 17.5. The molecule has 0 unspecified atom stereocenters. The molecular weight excluding hydrogens is 406 g/mol. The maximum Gasteiger partial charge on any atom is 0.260 e. The van der Waals surface area contributed by atoms with Gasteiger partial charge in [-0.25, -0.2) is 0 Å². The highest BCUT2D eigenvalue weighted by molar-refractivity contribution is 6.31. The molecular formula is C24H25N5O3. The zero-order valence-electron chi connectivity index (χ0n) is 17.9. The summed E-state index contributed by atoms with van der Waals surface area (Å²) in [5.41, 5.74) is 3.56. The Bertz CT molecular complexity index is 1100. The second-order valence-corrected chi connectivity index (χ2v) is 7.78. The summed E-state index contributed by atoms with van der Waals surface area (Å²) in [5, 5.41) is 8.14. The van der Waals surface area contributed by atoms with Gasteiger partial charge in [-0.3, -0.25) is 19.7 Å². The summed E-state index contributed by atoms with van der Waals surface area (Å²) < 4.78 is 0. The molecule has 3 N–H and O–H groups in total. The Kier molecular flexibility index (Phi) is 6.04. The van der Waals surface area contributed by atoms with E-state index in [-0.39, 0.29) is 5.91 Å². The van der Waals surface area contributed by atoms with E-state index < -0.39 is 11.8 Å². The van der Waals surface area contributed by atoms with Gasteiger partial charge in [0.05, 0.1) is 5.57 Å². The van der Waals surface area contributed by atoms with Gasteiger partial charge in [0.2, 0.25) is 5.91 Å². The Hall–Kier alpha value is -3.91. The molecule has 2 aromatic rings. The maximum absolute atomic E-state index is 12.5. The highest BCUT2D eigenvalue weighted by Gasteiger charge is 2.27. The van der Waals surface area contributed by atoms with Crippen LogP contribution in [0.25, 0.3) is 5.57 Å². The molecule has 2 aliphatic rings. The molecule has 2 aromatic carbocycles. The number of piperazine rings is 1. The second kappa shape index (κ2) is 9.07. The smallest absolute Gasteiger partial charge is 0.260 e. The minimum Gasteiger partial charge on any atom is -0.369 e. The number of carbonyl (C=O) groups is 3. The predicted molar refractivity (Wildman–Crippen MR) is 125 cm³/mol. The Morgan fingerprint density at radius 3 is 2.34 bits per heavy atom. The maximum atomic E-state index is 12.5. The number of hydrogen-bond donors (Lipinski definition) is 3. The first kappa shape index (κ1) is 21.3. The molecule has 0 atom stereocenters. The summed E-state index contributed by atoms with van der Waals surface area (Å²) in [6.45, 7) is 7.48. The number of fused-ring (bicyclic) bond motifs is 1. The quantitative estimate of drug-likeness (QED) is 0.497. The van der Waals surface area contributed by atoms with Gasteiger partial charge in [-0.2, -0.15) is 0 Å². The molecule has 0 radical (unpaired) electrons. The average molecular weight is 431 g/mol. The van der Waals surface area contributed by atoms with Crippen LogP contribution in [0.15, 0.2) is 61.3 Å². The van der Waals surface area contributed by atoms with Crippen molar-refractivity contribution in [1.29, 1.82) is 0 Å². The zero-order valence-corrected chi connectivity index (χ0v) is 17.9. The number of likely N-dealkylation sites (N-methyl/N-ethyl adjacent to an activating group) is 1. The summed E-state index contributed by atoms with van der Waals surface area (Å²) in [6, 6.07) is 12.8. The van der Waals surface area contributed by atoms with Crippen LogP contribution >= 0.6 is 0 Å². The fourth-order valence-corrected chi connectivity index (χ4v) is 3.73. The third-order valence-corrected chi connectivity index (χ3v) is 5.60. The van der Waals surface area contributed by atoms with E-state index in [0.717, 1.165) is 43.6 Å². The molecule has 2 aliphatic heterocycles. The van der Waals surface area contributed by atoms with Gasteiger partial charge in [-0.1, -0.05) is 6.58 Å². The van der Waals surface area contributed by atoms with Gasteiger partial charge in [0, 0.05) is 60.6 Å². The Morgan fingerprint density at radius 1 is 0.969 bits per heavy atom. The van der Waals surface area contributed by atoms with Crippen LogP contribution in [0.3, 0.4) is 0 Å². The summed E-state index contributed by atoms with van der Waals surface area (Å²) >= 11 is 0. The van der Waals surface area contributed by atoms with E-state index in [1.54, 1.807) is 24.4 Å². The number of nitrogens with zero attached hydrogens (tertiary/aromatic N) is 2. The van der Waals surface area contributed by atoms with Crippen LogP contribution < -0.4 is 20.9 Å². The van der Waals surface area contributed by atoms with Crippen LogP contribution in [-0.4, -0.2) is 55.8 Å². The molecule has 0 aromatic heterocycles. The minimum absolute atomic E-state index is 0.303. The first-order valence-corrected chi connectivity index (χ1v) is 10.4. The molecule has 1 saturated heterocycles. The van der Waals surface area contributed by atoms with Gasteiger partial charge in [-0.15, -0.1) is 0 Å². The monoisotopic (exact) mass is 431 g/mol. The third kappa shape index (κ3) is 4.55. The van der Waals surface area contributed by atoms with Crippen LogP contribution in [0, 0.1) is 0 Å². The number of amides is 3. The Labute approximate surface area is 186 Å². The second-order valence-electron chi connectivity index (χ2n) is 7.78. The standard InChI is InChI=1S/C24H25N5O3/c1-3-22(30)26-17-6-9-19-20(14-17)21(24(32)27-23(19)31)15-25-16-4-7-18(8-5-16)29-12-10-28(2)11-13-29/h3-9,14-15,25H,1,10-13H2,2H3,(H,26,30)(H,27,31,32). The molecule has 0 aliphatic carbocycles. The van der Waals surface area contributed by atoms with Crippen LogP contribution in [0.2, 0.25) is 0 Å². The number of anilines is 3. The molecule has 0 saturated carbocycles. The molecule has 164 valence electrons. The summed E-state index contributed by atoms with van der Waals surface area (Å²) in [7, 11) is 2.13. The van der Waals surface area contributed by atoms with E-state index in [1.807, 2.05) is 24.3 Å². The van der Waals surface area contributed by atoms with Crippen molar-refractivity contribution in [1.82, 2.24) is 10.2 Å². The SMILES string of the molecule is C=CC(=O)Nc1ccc2c(c1)C(=CNc1ccc(N3CCN(C)CC3)cc1)C(=O)NC2=O. The van der Waals surface area contributed by atoms with Crippen LogP contribution in [0.1, 0.15) is 15.9 Å². The summed E-state index contributed by atoms with van der Waals surface area (Å²) in [4.78, 5) is 41.0. The van der Waals surface area contributed by atoms with E-state index in [1.165, 1.54) is 0 Å². The van der Waals surface area contributed by atoms with Gasteiger partial charge in [0.1, 0.15) is 0 Å². The molecule has 32 heavy (non-hydrogen) atoms. The fourth-order valence-electron chi connectivity index (χ4n) is 3.73. The molecule has 0 spiro atoms. The first-order chi connectivity index (χ1) is 15.4. The first-order valence-electron chi connectivity index (χ1n) is 10.4. The van der Waals surface area contributed by atoms with Gasteiger partial charge >= 0.3 is 0 Å². The van der Waals surface area contributed by atoms with E-state index in [9.17, 15) is 14.4 Å². The van der Waals surface area contributed by atoms with Gasteiger partial charge in [-0.05, 0) is 55.6 Å². The predicted octanol–water partition coefficient (Wildman–Crippen LogP) is 2.29.